The number of aliphatic hydroxyl groups is 1. The quantitative estimate of drug-likeness (QED) is 0.598. The van der Waals surface area contributed by atoms with Gasteiger partial charge in [-0.15, -0.1) is 10.2 Å². The summed E-state index contributed by atoms with van der Waals surface area (Å²) in [7, 11) is 0. The third-order valence-corrected chi connectivity index (χ3v) is 3.79. The SMILES string of the molecule is CCC#CNCC(O)COc1ccccc1C=Cc1nnc(C)s1. The number of benzene rings is 1. The highest BCUT2D eigenvalue weighted by molar-refractivity contribution is 7.12. The molecule has 0 aliphatic carbocycles. The molecule has 1 aromatic heterocycles. The zero-order valence-electron chi connectivity index (χ0n) is 13.8. The Morgan fingerprint density at radius 1 is 1.33 bits per heavy atom. The number of hydrogen-bond donors (Lipinski definition) is 2. The summed E-state index contributed by atoms with van der Waals surface area (Å²) in [5.74, 6) is 3.60. The molecule has 0 bridgehead atoms. The van der Waals surface area contributed by atoms with Crippen molar-refractivity contribution in [1.82, 2.24) is 15.5 Å². The molecule has 2 rings (SSSR count). The van der Waals surface area contributed by atoms with E-state index in [1.165, 1.54) is 11.3 Å². The second-order valence-electron chi connectivity index (χ2n) is 5.03. The molecule has 1 atom stereocenters. The lowest BCUT2D eigenvalue weighted by Crippen LogP contribution is -2.29. The van der Waals surface area contributed by atoms with E-state index in [-0.39, 0.29) is 6.61 Å². The van der Waals surface area contributed by atoms with Crippen LogP contribution >= 0.6 is 11.3 Å². The van der Waals surface area contributed by atoms with Crippen LogP contribution in [0.15, 0.2) is 24.3 Å². The van der Waals surface area contributed by atoms with E-state index in [1.807, 2.05) is 50.3 Å². The molecule has 0 aliphatic rings. The van der Waals surface area contributed by atoms with Crippen LogP contribution in [0, 0.1) is 18.9 Å². The van der Waals surface area contributed by atoms with Gasteiger partial charge < -0.3 is 15.2 Å². The van der Waals surface area contributed by atoms with E-state index in [2.05, 4.69) is 27.5 Å². The van der Waals surface area contributed by atoms with Gasteiger partial charge in [0, 0.05) is 18.0 Å². The van der Waals surface area contributed by atoms with Crippen LogP contribution in [0.25, 0.3) is 12.2 Å². The number of nitrogens with zero attached hydrogens (tertiary/aromatic N) is 2. The van der Waals surface area contributed by atoms with Crippen LogP contribution in [0.4, 0.5) is 0 Å². The van der Waals surface area contributed by atoms with Gasteiger partial charge in [0.05, 0.1) is 6.54 Å². The van der Waals surface area contributed by atoms with Gasteiger partial charge in [-0.1, -0.05) is 42.4 Å². The summed E-state index contributed by atoms with van der Waals surface area (Å²) in [6.45, 7) is 4.47. The molecule has 5 nitrogen and oxygen atoms in total. The first-order valence-corrected chi connectivity index (χ1v) is 8.59. The Hall–Kier alpha value is -2.36. The number of rotatable bonds is 7. The summed E-state index contributed by atoms with van der Waals surface area (Å²) in [5, 5.41) is 22.6. The third-order valence-electron chi connectivity index (χ3n) is 2.99. The predicted octanol–water partition coefficient (Wildman–Crippen LogP) is 2.72. The first-order valence-electron chi connectivity index (χ1n) is 7.78. The number of ether oxygens (including phenoxy) is 1. The van der Waals surface area contributed by atoms with E-state index in [1.54, 1.807) is 0 Å². The molecule has 2 N–H and O–H groups in total. The largest absolute Gasteiger partial charge is 0.490 e. The number of para-hydroxylation sites is 1. The second-order valence-corrected chi connectivity index (χ2v) is 6.24. The van der Waals surface area contributed by atoms with Crippen LogP contribution in [0.3, 0.4) is 0 Å². The molecule has 0 amide bonds. The van der Waals surface area contributed by atoms with Gasteiger partial charge in [0.15, 0.2) is 0 Å². The lowest BCUT2D eigenvalue weighted by molar-refractivity contribution is 0.110. The van der Waals surface area contributed by atoms with Gasteiger partial charge in [0.2, 0.25) is 0 Å². The zero-order valence-corrected chi connectivity index (χ0v) is 14.6. The smallest absolute Gasteiger partial charge is 0.140 e. The monoisotopic (exact) mass is 343 g/mol. The lowest BCUT2D eigenvalue weighted by atomic mass is 10.2. The first kappa shape index (κ1) is 18.0. The van der Waals surface area contributed by atoms with Gasteiger partial charge in [-0.25, -0.2) is 0 Å². The maximum atomic E-state index is 9.92. The van der Waals surface area contributed by atoms with Gasteiger partial charge in [0.1, 0.15) is 28.5 Å². The molecule has 1 unspecified atom stereocenters. The summed E-state index contributed by atoms with van der Waals surface area (Å²) >= 11 is 1.53. The lowest BCUT2D eigenvalue weighted by Gasteiger charge is -2.13. The molecular weight excluding hydrogens is 322 g/mol. The molecule has 0 aliphatic heterocycles. The van der Waals surface area contributed by atoms with Crippen molar-refractivity contribution >= 4 is 23.5 Å². The highest BCUT2D eigenvalue weighted by Crippen LogP contribution is 2.21. The number of aromatic nitrogens is 2. The van der Waals surface area contributed by atoms with Crippen LogP contribution in [0.2, 0.25) is 0 Å². The molecule has 126 valence electrons. The van der Waals surface area contributed by atoms with E-state index in [4.69, 9.17) is 4.74 Å². The van der Waals surface area contributed by atoms with Crippen molar-refractivity contribution in [3.05, 3.63) is 39.8 Å². The number of aliphatic hydroxyl groups excluding tert-OH is 1. The van der Waals surface area contributed by atoms with Crippen molar-refractivity contribution < 1.29 is 9.84 Å². The molecule has 0 saturated carbocycles. The highest BCUT2D eigenvalue weighted by Gasteiger charge is 2.06. The van der Waals surface area contributed by atoms with Crippen molar-refractivity contribution in [2.24, 2.45) is 0 Å². The standard InChI is InChI=1S/C18H21N3O2S/c1-3-4-11-19-12-16(22)13-23-17-8-6-5-7-15(17)9-10-18-21-20-14(2)24-18/h5-10,16,19,22H,3,12-13H2,1-2H3. The van der Waals surface area contributed by atoms with Crippen molar-refractivity contribution in [3.63, 3.8) is 0 Å². The maximum Gasteiger partial charge on any atom is 0.140 e. The van der Waals surface area contributed by atoms with Gasteiger partial charge >= 0.3 is 0 Å². The summed E-state index contributed by atoms with van der Waals surface area (Å²) < 4.78 is 5.73. The molecule has 0 fully saturated rings. The molecule has 0 radical (unpaired) electrons. The van der Waals surface area contributed by atoms with E-state index >= 15 is 0 Å². The minimum atomic E-state index is -0.626. The third kappa shape index (κ3) is 6.03. The van der Waals surface area contributed by atoms with Crippen LogP contribution in [-0.2, 0) is 0 Å². The van der Waals surface area contributed by atoms with Crippen LogP contribution < -0.4 is 10.1 Å². The fraction of sp³-hybridized carbons (Fsp3) is 0.333. The van der Waals surface area contributed by atoms with Crippen molar-refractivity contribution in [3.8, 4) is 17.7 Å². The minimum Gasteiger partial charge on any atom is -0.490 e. The molecule has 0 spiro atoms. The van der Waals surface area contributed by atoms with E-state index in [0.717, 1.165) is 22.0 Å². The Morgan fingerprint density at radius 3 is 2.92 bits per heavy atom. The van der Waals surface area contributed by atoms with Crippen molar-refractivity contribution in [2.75, 3.05) is 13.2 Å². The predicted molar refractivity (Wildman–Crippen MR) is 97.6 cm³/mol. The van der Waals surface area contributed by atoms with Crippen molar-refractivity contribution in [2.45, 2.75) is 26.4 Å². The summed E-state index contributed by atoms with van der Waals surface area (Å²) in [5.41, 5.74) is 0.927. The van der Waals surface area contributed by atoms with Crippen LogP contribution in [0.5, 0.6) is 5.75 Å². The highest BCUT2D eigenvalue weighted by atomic mass is 32.1. The summed E-state index contributed by atoms with van der Waals surface area (Å²) in [6.07, 6.45) is 4.00. The summed E-state index contributed by atoms with van der Waals surface area (Å²) in [4.78, 5) is 0. The minimum absolute atomic E-state index is 0.198. The molecule has 24 heavy (non-hydrogen) atoms. The average Bonchev–Trinajstić information content (AvgIpc) is 3.01. The Balaban J connectivity index is 1.92. The van der Waals surface area contributed by atoms with Crippen LogP contribution in [0.1, 0.15) is 28.9 Å². The first-order chi connectivity index (χ1) is 11.7. The van der Waals surface area contributed by atoms with Gasteiger partial charge in [0.25, 0.3) is 0 Å². The molecule has 2 aromatic rings. The van der Waals surface area contributed by atoms with Crippen molar-refractivity contribution in [1.29, 1.82) is 0 Å². The normalized spacial score (nSPS) is 11.8. The van der Waals surface area contributed by atoms with E-state index in [9.17, 15) is 5.11 Å². The number of aryl methyl sites for hydroxylation is 1. The van der Waals surface area contributed by atoms with Gasteiger partial charge in [-0.2, -0.15) is 0 Å². The Kier molecular flexibility index (Phi) is 7.27. The fourth-order valence-electron chi connectivity index (χ4n) is 1.85. The maximum absolute atomic E-state index is 9.92. The van der Waals surface area contributed by atoms with Gasteiger partial charge in [-0.05, 0) is 25.1 Å². The van der Waals surface area contributed by atoms with Gasteiger partial charge in [-0.3, -0.25) is 0 Å². The second kappa shape index (κ2) is 9.71. The fourth-order valence-corrected chi connectivity index (χ4v) is 2.46. The molecule has 6 heteroatoms. The average molecular weight is 343 g/mol. The van der Waals surface area contributed by atoms with E-state index in [0.29, 0.717) is 12.3 Å². The molecule has 1 aromatic carbocycles. The number of hydrogen-bond acceptors (Lipinski definition) is 6. The topological polar surface area (TPSA) is 67.3 Å². The zero-order chi connectivity index (χ0) is 17.2. The Bertz CT molecular complexity index is 731. The molecular formula is C18H21N3O2S. The summed E-state index contributed by atoms with van der Waals surface area (Å²) in [6, 6.07) is 10.5. The molecule has 1 heterocycles. The Labute approximate surface area is 146 Å². The van der Waals surface area contributed by atoms with Crippen LogP contribution in [-0.4, -0.2) is 34.6 Å². The Morgan fingerprint density at radius 2 is 2.17 bits per heavy atom. The van der Waals surface area contributed by atoms with E-state index < -0.39 is 6.10 Å². The molecule has 0 saturated heterocycles. The number of nitrogens with one attached hydrogen (secondary N) is 1.